The van der Waals surface area contributed by atoms with Gasteiger partial charge in [0.15, 0.2) is 0 Å². The van der Waals surface area contributed by atoms with Crippen molar-refractivity contribution in [1.29, 1.82) is 0 Å². The van der Waals surface area contributed by atoms with E-state index in [1.54, 1.807) is 12.4 Å². The number of amides is 3. The van der Waals surface area contributed by atoms with Crippen LogP contribution in [-0.4, -0.2) is 75.8 Å². The van der Waals surface area contributed by atoms with Crippen LogP contribution >= 0.6 is 0 Å². The Morgan fingerprint density at radius 2 is 1.94 bits per heavy atom. The Hall–Kier alpha value is -2.97. The molecule has 0 unspecified atom stereocenters. The average Bonchev–Trinajstić information content (AvgIpc) is 2.78. The first-order valence-electron chi connectivity index (χ1n) is 11.2. The molecule has 174 valence electrons. The number of hydrogen-bond acceptors (Lipinski definition) is 5. The maximum atomic E-state index is 13.0. The Bertz CT molecular complexity index is 818. The molecule has 3 aliphatic heterocycles. The van der Waals surface area contributed by atoms with Crippen molar-refractivity contribution >= 4 is 24.2 Å². The van der Waals surface area contributed by atoms with E-state index in [0.29, 0.717) is 31.8 Å². The number of pyridine rings is 1. The summed E-state index contributed by atoms with van der Waals surface area (Å²) in [5.74, 6) is 0.892. The number of fused-ring (bicyclic) bond motifs is 4. The Morgan fingerprint density at radius 3 is 2.62 bits per heavy atom. The highest BCUT2D eigenvalue weighted by Gasteiger charge is 2.49. The zero-order valence-corrected chi connectivity index (χ0v) is 18.5. The van der Waals surface area contributed by atoms with E-state index in [4.69, 9.17) is 9.90 Å². The van der Waals surface area contributed by atoms with E-state index in [2.05, 4.69) is 15.2 Å². The fourth-order valence-electron chi connectivity index (χ4n) is 5.45. The third-order valence-corrected chi connectivity index (χ3v) is 6.79. The summed E-state index contributed by atoms with van der Waals surface area (Å²) in [4.78, 5) is 53.7. The monoisotopic (exact) mass is 444 g/mol. The SMILES string of the molecule is CC(=O)NC[C@H]1[C@H]2C[C@H](CN(C(=O)CCc3ccncc3)C2)[C@@H]2CCCC(=O)N21.O=CO. The number of piperidine rings is 3. The van der Waals surface area contributed by atoms with E-state index in [1.165, 1.54) is 6.92 Å². The lowest BCUT2D eigenvalue weighted by molar-refractivity contribution is -0.156. The summed E-state index contributed by atoms with van der Waals surface area (Å²) in [5.41, 5.74) is 1.12. The van der Waals surface area contributed by atoms with Crippen LogP contribution in [0.4, 0.5) is 0 Å². The molecule has 4 heterocycles. The molecule has 9 heteroatoms. The summed E-state index contributed by atoms with van der Waals surface area (Å²) in [6.07, 6.45) is 8.28. The van der Waals surface area contributed by atoms with Crippen LogP contribution in [0.25, 0.3) is 0 Å². The third-order valence-electron chi connectivity index (χ3n) is 6.79. The summed E-state index contributed by atoms with van der Waals surface area (Å²) < 4.78 is 0. The second kappa shape index (κ2) is 11.1. The van der Waals surface area contributed by atoms with Crippen molar-refractivity contribution in [3.63, 3.8) is 0 Å². The highest BCUT2D eigenvalue weighted by molar-refractivity contribution is 5.79. The van der Waals surface area contributed by atoms with Gasteiger partial charge in [-0.3, -0.25) is 24.2 Å². The molecule has 4 atom stereocenters. The van der Waals surface area contributed by atoms with Crippen LogP contribution in [-0.2, 0) is 25.6 Å². The van der Waals surface area contributed by atoms with Gasteiger partial charge in [-0.15, -0.1) is 0 Å². The predicted molar refractivity (Wildman–Crippen MR) is 116 cm³/mol. The number of carbonyl (C=O) groups is 4. The number of aryl methyl sites for hydroxylation is 1. The van der Waals surface area contributed by atoms with Crippen LogP contribution in [0.1, 0.15) is 44.6 Å². The summed E-state index contributed by atoms with van der Waals surface area (Å²) >= 11 is 0. The molecule has 0 aliphatic carbocycles. The van der Waals surface area contributed by atoms with Crippen molar-refractivity contribution in [3.05, 3.63) is 30.1 Å². The minimum absolute atomic E-state index is 0.0104. The normalized spacial score (nSPS) is 26.3. The maximum Gasteiger partial charge on any atom is 0.290 e. The third kappa shape index (κ3) is 5.63. The fourth-order valence-corrected chi connectivity index (χ4v) is 5.45. The summed E-state index contributed by atoms with van der Waals surface area (Å²) in [7, 11) is 0. The lowest BCUT2D eigenvalue weighted by Crippen LogP contribution is -2.67. The number of nitrogens with one attached hydrogen (secondary N) is 1. The van der Waals surface area contributed by atoms with Crippen molar-refractivity contribution in [2.24, 2.45) is 11.8 Å². The molecule has 0 radical (unpaired) electrons. The summed E-state index contributed by atoms with van der Waals surface area (Å²) in [6.45, 7) is 3.16. The van der Waals surface area contributed by atoms with Crippen molar-refractivity contribution in [2.45, 2.75) is 57.5 Å². The van der Waals surface area contributed by atoms with Gasteiger partial charge in [-0.1, -0.05) is 0 Å². The van der Waals surface area contributed by atoms with E-state index < -0.39 is 0 Å². The van der Waals surface area contributed by atoms with Crippen molar-refractivity contribution in [2.75, 3.05) is 19.6 Å². The smallest absolute Gasteiger partial charge is 0.290 e. The highest BCUT2D eigenvalue weighted by Crippen LogP contribution is 2.41. The Labute approximate surface area is 188 Å². The molecule has 0 aromatic carbocycles. The first-order chi connectivity index (χ1) is 15.4. The lowest BCUT2D eigenvalue weighted by Gasteiger charge is -2.56. The number of rotatable bonds is 5. The van der Waals surface area contributed by atoms with Crippen LogP contribution < -0.4 is 5.32 Å². The van der Waals surface area contributed by atoms with Gasteiger partial charge in [-0.2, -0.15) is 0 Å². The van der Waals surface area contributed by atoms with Gasteiger partial charge >= 0.3 is 0 Å². The van der Waals surface area contributed by atoms with Crippen LogP contribution in [0.2, 0.25) is 0 Å². The van der Waals surface area contributed by atoms with Crippen LogP contribution in [0.5, 0.6) is 0 Å². The number of likely N-dealkylation sites (tertiary alicyclic amines) is 1. The highest BCUT2D eigenvalue weighted by atomic mass is 16.3. The zero-order chi connectivity index (χ0) is 23.1. The minimum atomic E-state index is -0.250. The Kier molecular flexibility index (Phi) is 8.19. The van der Waals surface area contributed by atoms with Gasteiger partial charge in [-0.25, -0.2) is 0 Å². The second-order valence-corrected chi connectivity index (χ2v) is 8.78. The molecule has 2 N–H and O–H groups in total. The Balaban J connectivity index is 0.000000913. The molecule has 0 saturated carbocycles. The molecule has 2 bridgehead atoms. The van der Waals surface area contributed by atoms with Gasteiger partial charge in [0.05, 0.1) is 6.04 Å². The zero-order valence-electron chi connectivity index (χ0n) is 18.5. The predicted octanol–water partition coefficient (Wildman–Crippen LogP) is 1.08. The van der Waals surface area contributed by atoms with Gasteiger partial charge in [0.1, 0.15) is 0 Å². The fraction of sp³-hybridized carbons (Fsp3) is 0.609. The van der Waals surface area contributed by atoms with E-state index in [9.17, 15) is 14.4 Å². The molecule has 3 aliphatic rings. The topological polar surface area (TPSA) is 120 Å². The number of nitrogens with zero attached hydrogens (tertiary/aromatic N) is 3. The molecular weight excluding hydrogens is 412 g/mol. The average molecular weight is 445 g/mol. The van der Waals surface area contributed by atoms with Gasteiger partial charge in [0.25, 0.3) is 6.47 Å². The maximum absolute atomic E-state index is 13.0. The largest absolute Gasteiger partial charge is 0.483 e. The second-order valence-electron chi connectivity index (χ2n) is 8.78. The minimum Gasteiger partial charge on any atom is -0.483 e. The molecule has 3 saturated heterocycles. The molecular formula is C23H32N4O5. The molecule has 9 nitrogen and oxygen atoms in total. The molecule has 32 heavy (non-hydrogen) atoms. The number of carbonyl (C=O) groups excluding carboxylic acids is 3. The molecule has 4 rings (SSSR count). The van der Waals surface area contributed by atoms with Crippen LogP contribution in [0.3, 0.4) is 0 Å². The van der Waals surface area contributed by atoms with E-state index in [0.717, 1.165) is 37.8 Å². The van der Waals surface area contributed by atoms with Crippen LogP contribution in [0.15, 0.2) is 24.5 Å². The molecule has 3 amide bonds. The standard InChI is InChI=1S/C22H30N4O3.CH2O2/c1-15(27)24-12-20-18-11-17(19-3-2-4-22(29)26(19)20)13-25(14-18)21(28)6-5-16-7-9-23-10-8-16;2-1-3/h7-10,17-20H,2-6,11-14H2,1H3,(H,24,27);1H,(H,2,3)/t17-,18+,19+,20+;/m1./s1. The van der Waals surface area contributed by atoms with E-state index >= 15 is 0 Å². The summed E-state index contributed by atoms with van der Waals surface area (Å²) in [6, 6.07) is 4.09. The number of carboxylic acid groups (broad SMARTS) is 1. The lowest BCUT2D eigenvalue weighted by atomic mass is 9.72. The first-order valence-corrected chi connectivity index (χ1v) is 11.2. The van der Waals surface area contributed by atoms with Crippen molar-refractivity contribution in [1.82, 2.24) is 20.1 Å². The van der Waals surface area contributed by atoms with Gasteiger partial charge in [-0.05, 0) is 55.2 Å². The van der Waals surface area contributed by atoms with Gasteiger partial charge < -0.3 is 20.2 Å². The van der Waals surface area contributed by atoms with Crippen molar-refractivity contribution in [3.8, 4) is 0 Å². The van der Waals surface area contributed by atoms with Gasteiger partial charge in [0, 0.05) is 57.8 Å². The molecule has 1 aromatic rings. The number of hydrogen-bond donors (Lipinski definition) is 2. The quantitative estimate of drug-likeness (QED) is 0.656. The van der Waals surface area contributed by atoms with E-state index in [-0.39, 0.29) is 42.2 Å². The molecule has 3 fully saturated rings. The summed E-state index contributed by atoms with van der Waals surface area (Å²) in [5, 5.41) is 9.81. The van der Waals surface area contributed by atoms with E-state index in [1.807, 2.05) is 17.0 Å². The van der Waals surface area contributed by atoms with Gasteiger partial charge in [0.2, 0.25) is 17.7 Å². The van der Waals surface area contributed by atoms with Crippen LogP contribution in [0, 0.1) is 11.8 Å². The Morgan fingerprint density at radius 1 is 1.25 bits per heavy atom. The van der Waals surface area contributed by atoms with Crippen molar-refractivity contribution < 1.29 is 24.3 Å². The molecule has 1 aromatic heterocycles. The molecule has 0 spiro atoms. The number of aromatic nitrogens is 1. The first kappa shape index (κ1) is 23.7.